The quantitative estimate of drug-likeness (QED) is 0.760. The average molecular weight is 205 g/mol. The maximum atomic E-state index is 5.39. The molecule has 1 heterocycles. The molecule has 1 aliphatic heterocycles. The van der Waals surface area contributed by atoms with E-state index < -0.39 is 0 Å². The van der Waals surface area contributed by atoms with Crippen LogP contribution in [0.2, 0.25) is 0 Å². The number of benzene rings is 1. The number of methoxy groups -OCH3 is 1. The van der Waals surface area contributed by atoms with Crippen molar-refractivity contribution in [1.82, 2.24) is 0 Å². The van der Waals surface area contributed by atoms with Gasteiger partial charge in [0.25, 0.3) is 0 Å². The van der Waals surface area contributed by atoms with Crippen molar-refractivity contribution < 1.29 is 4.74 Å². The Hall–Kier alpha value is -1.18. The van der Waals surface area contributed by atoms with Crippen LogP contribution >= 0.6 is 0 Å². The number of hydrogen-bond acceptors (Lipinski definition) is 2. The summed E-state index contributed by atoms with van der Waals surface area (Å²) in [6, 6.07) is 2.15. The Balaban J connectivity index is 2.55. The van der Waals surface area contributed by atoms with Crippen molar-refractivity contribution >= 4 is 5.69 Å². The highest BCUT2D eigenvalue weighted by molar-refractivity contribution is 5.65. The van der Waals surface area contributed by atoms with E-state index in [9.17, 15) is 0 Å². The molecule has 0 saturated heterocycles. The molecule has 0 spiro atoms. The number of hydrogen-bond donors (Lipinski definition) is 1. The van der Waals surface area contributed by atoms with Crippen molar-refractivity contribution in [2.75, 3.05) is 19.0 Å². The van der Waals surface area contributed by atoms with Crippen LogP contribution in [0.25, 0.3) is 0 Å². The first-order valence-corrected chi connectivity index (χ1v) is 5.65. The zero-order valence-electron chi connectivity index (χ0n) is 9.81. The molecule has 1 N–H and O–H groups in total. The highest BCUT2D eigenvalue weighted by Gasteiger charge is 2.15. The molecule has 2 heteroatoms. The molecule has 0 saturated carbocycles. The van der Waals surface area contributed by atoms with Gasteiger partial charge in [0.1, 0.15) is 5.75 Å². The Morgan fingerprint density at radius 2 is 2.07 bits per heavy atom. The van der Waals surface area contributed by atoms with E-state index in [1.165, 1.54) is 41.6 Å². The lowest BCUT2D eigenvalue weighted by atomic mass is 9.98. The van der Waals surface area contributed by atoms with E-state index in [1.54, 1.807) is 7.11 Å². The van der Waals surface area contributed by atoms with Gasteiger partial charge in [-0.3, -0.25) is 0 Å². The summed E-state index contributed by atoms with van der Waals surface area (Å²) in [6.07, 6.45) is 3.74. The lowest BCUT2D eigenvalue weighted by Gasteiger charge is -2.17. The van der Waals surface area contributed by atoms with E-state index >= 15 is 0 Å². The van der Waals surface area contributed by atoms with Crippen LogP contribution in [-0.2, 0) is 6.42 Å². The monoisotopic (exact) mass is 205 g/mol. The minimum atomic E-state index is 1.00. The highest BCUT2D eigenvalue weighted by atomic mass is 16.5. The smallest absolute Gasteiger partial charge is 0.124 e. The summed E-state index contributed by atoms with van der Waals surface area (Å²) in [7, 11) is 1.74. The van der Waals surface area contributed by atoms with Gasteiger partial charge in [0, 0.05) is 17.8 Å². The lowest BCUT2D eigenvalue weighted by Crippen LogP contribution is -2.04. The van der Waals surface area contributed by atoms with Crippen molar-refractivity contribution in [2.45, 2.75) is 33.1 Å². The summed E-state index contributed by atoms with van der Waals surface area (Å²) in [6.45, 7) is 5.39. The molecule has 0 atom stereocenters. The molecule has 1 aromatic carbocycles. The van der Waals surface area contributed by atoms with Crippen molar-refractivity contribution in [1.29, 1.82) is 0 Å². The van der Waals surface area contributed by atoms with E-state index in [0.717, 1.165) is 12.3 Å². The maximum absolute atomic E-state index is 5.39. The first-order chi connectivity index (χ1) is 7.24. The van der Waals surface area contributed by atoms with Gasteiger partial charge in [0.15, 0.2) is 0 Å². The number of aryl methyl sites for hydroxylation is 1. The third kappa shape index (κ3) is 1.81. The van der Waals surface area contributed by atoms with Crippen molar-refractivity contribution in [3.8, 4) is 5.75 Å². The number of anilines is 1. The fraction of sp³-hybridized carbons (Fsp3) is 0.538. The molecule has 15 heavy (non-hydrogen) atoms. The van der Waals surface area contributed by atoms with E-state index in [4.69, 9.17) is 4.74 Å². The summed E-state index contributed by atoms with van der Waals surface area (Å²) in [4.78, 5) is 0. The molecule has 0 fully saturated rings. The van der Waals surface area contributed by atoms with Crippen LogP contribution in [0.5, 0.6) is 5.75 Å². The second-order valence-corrected chi connectivity index (χ2v) is 4.26. The summed E-state index contributed by atoms with van der Waals surface area (Å²) < 4.78 is 5.39. The lowest BCUT2D eigenvalue weighted by molar-refractivity contribution is 0.411. The molecule has 1 aliphatic rings. The fourth-order valence-electron chi connectivity index (χ4n) is 2.35. The summed E-state index contributed by atoms with van der Waals surface area (Å²) in [5, 5.41) is 3.53. The van der Waals surface area contributed by atoms with E-state index in [0.29, 0.717) is 0 Å². The summed E-state index contributed by atoms with van der Waals surface area (Å²) >= 11 is 0. The van der Waals surface area contributed by atoms with Crippen molar-refractivity contribution in [3.63, 3.8) is 0 Å². The Kier molecular flexibility index (Phi) is 2.85. The first-order valence-electron chi connectivity index (χ1n) is 5.65. The van der Waals surface area contributed by atoms with Gasteiger partial charge < -0.3 is 10.1 Å². The third-order valence-corrected chi connectivity index (χ3v) is 3.25. The fourth-order valence-corrected chi connectivity index (χ4v) is 2.35. The molecule has 0 radical (unpaired) electrons. The molecule has 2 rings (SSSR count). The largest absolute Gasteiger partial charge is 0.496 e. The van der Waals surface area contributed by atoms with Gasteiger partial charge in [-0.1, -0.05) is 0 Å². The van der Waals surface area contributed by atoms with Crippen LogP contribution < -0.4 is 10.1 Å². The van der Waals surface area contributed by atoms with Gasteiger partial charge in [-0.05, 0) is 50.3 Å². The van der Waals surface area contributed by atoms with E-state index in [2.05, 4.69) is 25.2 Å². The summed E-state index contributed by atoms with van der Waals surface area (Å²) in [5.41, 5.74) is 5.39. The van der Waals surface area contributed by atoms with Crippen molar-refractivity contribution in [2.24, 2.45) is 0 Å². The predicted octanol–water partition coefficient (Wildman–Crippen LogP) is 3.06. The highest BCUT2D eigenvalue weighted by Crippen LogP contribution is 2.34. The van der Waals surface area contributed by atoms with Gasteiger partial charge in [0.05, 0.1) is 7.11 Å². The standard InChI is InChI=1S/C13H19NO/c1-9-8-12(15-3)10(2)13-11(9)6-4-5-7-14-13/h8,14H,4-7H2,1-3H3. The van der Waals surface area contributed by atoms with Gasteiger partial charge in [0.2, 0.25) is 0 Å². The Morgan fingerprint density at radius 1 is 1.27 bits per heavy atom. The minimum Gasteiger partial charge on any atom is -0.496 e. The van der Waals surface area contributed by atoms with Crippen LogP contribution in [0.1, 0.15) is 29.5 Å². The van der Waals surface area contributed by atoms with Gasteiger partial charge >= 0.3 is 0 Å². The number of ether oxygens (including phenoxy) is 1. The molecule has 2 nitrogen and oxygen atoms in total. The Bertz CT molecular complexity index is 371. The molecule has 0 aliphatic carbocycles. The second kappa shape index (κ2) is 4.13. The molecular formula is C13H19NO. The summed E-state index contributed by atoms with van der Waals surface area (Å²) in [5.74, 6) is 1.00. The Labute approximate surface area is 91.6 Å². The molecule has 0 amide bonds. The van der Waals surface area contributed by atoms with Crippen LogP contribution in [0, 0.1) is 13.8 Å². The van der Waals surface area contributed by atoms with Gasteiger partial charge in [-0.2, -0.15) is 0 Å². The topological polar surface area (TPSA) is 21.3 Å². The zero-order valence-corrected chi connectivity index (χ0v) is 9.81. The Morgan fingerprint density at radius 3 is 2.80 bits per heavy atom. The number of rotatable bonds is 1. The molecule has 0 aromatic heterocycles. The van der Waals surface area contributed by atoms with Crippen molar-refractivity contribution in [3.05, 3.63) is 22.8 Å². The molecule has 82 valence electrons. The predicted molar refractivity (Wildman–Crippen MR) is 63.9 cm³/mol. The van der Waals surface area contributed by atoms with E-state index in [1.807, 2.05) is 0 Å². The third-order valence-electron chi connectivity index (χ3n) is 3.25. The second-order valence-electron chi connectivity index (χ2n) is 4.26. The SMILES string of the molecule is COc1cc(C)c2c(c1C)NCCCC2. The average Bonchev–Trinajstić information content (AvgIpc) is 2.49. The minimum absolute atomic E-state index is 1.00. The van der Waals surface area contributed by atoms with Crippen LogP contribution in [0.3, 0.4) is 0 Å². The zero-order chi connectivity index (χ0) is 10.8. The first kappa shape index (κ1) is 10.3. The van der Waals surface area contributed by atoms with Crippen LogP contribution in [0.15, 0.2) is 6.07 Å². The van der Waals surface area contributed by atoms with Crippen LogP contribution in [-0.4, -0.2) is 13.7 Å². The number of nitrogens with one attached hydrogen (secondary N) is 1. The van der Waals surface area contributed by atoms with Gasteiger partial charge in [-0.25, -0.2) is 0 Å². The van der Waals surface area contributed by atoms with E-state index in [-0.39, 0.29) is 0 Å². The van der Waals surface area contributed by atoms with Crippen LogP contribution in [0.4, 0.5) is 5.69 Å². The molecule has 1 aromatic rings. The maximum Gasteiger partial charge on any atom is 0.124 e. The number of fused-ring (bicyclic) bond motifs is 1. The normalized spacial score (nSPS) is 15.1. The molecular weight excluding hydrogens is 186 g/mol. The van der Waals surface area contributed by atoms with Gasteiger partial charge in [-0.15, -0.1) is 0 Å². The molecule has 0 unspecified atom stereocenters. The molecule has 0 bridgehead atoms.